The van der Waals surface area contributed by atoms with Gasteiger partial charge in [0.05, 0.1) is 6.42 Å². The number of aryl methyl sites for hydroxylation is 2. The Kier molecular flexibility index (Phi) is 6.02. The summed E-state index contributed by atoms with van der Waals surface area (Å²) in [6.45, 7) is 10.1. The highest BCUT2D eigenvalue weighted by molar-refractivity contribution is 5.68. The van der Waals surface area contributed by atoms with Gasteiger partial charge in [-0.15, -0.1) is 0 Å². The van der Waals surface area contributed by atoms with Crippen LogP contribution in [0.4, 0.5) is 4.79 Å². The van der Waals surface area contributed by atoms with Crippen molar-refractivity contribution in [3.05, 3.63) is 23.5 Å². The monoisotopic (exact) mass is 310 g/mol. The fourth-order valence-electron chi connectivity index (χ4n) is 2.26. The number of alkyl carbamates (subject to hydrolysis) is 1. The predicted octanol–water partition coefficient (Wildman–Crippen LogP) is 2.72. The van der Waals surface area contributed by atoms with E-state index in [1.165, 1.54) is 0 Å². The normalized spacial score (nSPS) is 12.8. The number of aliphatic carboxylic acids is 1. The van der Waals surface area contributed by atoms with Crippen LogP contribution in [-0.4, -0.2) is 33.9 Å². The fraction of sp³-hybridized carbons (Fsp3) is 0.625. The van der Waals surface area contributed by atoms with Crippen molar-refractivity contribution < 1.29 is 19.4 Å². The standard InChI is InChI=1S/C16H26N2O4/c1-11-6-12(2)18(9-11)10-13(7-14(19)20)8-17-15(21)22-16(3,4)5/h6,9,13H,7-8,10H2,1-5H3,(H,17,21)(H,19,20). The van der Waals surface area contributed by atoms with Crippen molar-refractivity contribution in [2.75, 3.05) is 6.54 Å². The van der Waals surface area contributed by atoms with Crippen LogP contribution in [0.2, 0.25) is 0 Å². The first-order chi connectivity index (χ1) is 10.1. The van der Waals surface area contributed by atoms with Gasteiger partial charge in [0, 0.05) is 30.9 Å². The van der Waals surface area contributed by atoms with E-state index in [-0.39, 0.29) is 18.9 Å². The molecule has 0 bridgehead atoms. The van der Waals surface area contributed by atoms with Crippen LogP contribution in [0.25, 0.3) is 0 Å². The second-order valence-electron chi connectivity index (χ2n) is 6.66. The molecule has 1 aromatic heterocycles. The maximum Gasteiger partial charge on any atom is 0.407 e. The summed E-state index contributed by atoms with van der Waals surface area (Å²) < 4.78 is 7.18. The Morgan fingerprint density at radius 1 is 1.36 bits per heavy atom. The average molecular weight is 310 g/mol. The highest BCUT2D eigenvalue weighted by Gasteiger charge is 2.19. The van der Waals surface area contributed by atoms with E-state index in [1.54, 1.807) is 20.8 Å². The molecule has 0 spiro atoms. The zero-order valence-electron chi connectivity index (χ0n) is 14.0. The number of rotatable bonds is 6. The van der Waals surface area contributed by atoms with Crippen LogP contribution in [0.3, 0.4) is 0 Å². The molecule has 22 heavy (non-hydrogen) atoms. The molecule has 0 radical (unpaired) electrons. The van der Waals surface area contributed by atoms with Gasteiger partial charge in [-0.05, 0) is 46.2 Å². The molecule has 1 unspecified atom stereocenters. The minimum absolute atomic E-state index is 0.00747. The number of nitrogens with one attached hydrogen (secondary N) is 1. The Morgan fingerprint density at radius 3 is 2.45 bits per heavy atom. The Morgan fingerprint density at radius 2 is 2.00 bits per heavy atom. The second kappa shape index (κ2) is 7.33. The van der Waals surface area contributed by atoms with Crippen LogP contribution in [-0.2, 0) is 16.1 Å². The number of carbonyl (C=O) groups is 2. The van der Waals surface area contributed by atoms with E-state index < -0.39 is 17.7 Å². The van der Waals surface area contributed by atoms with Gasteiger partial charge in [0.1, 0.15) is 5.60 Å². The molecule has 0 aromatic carbocycles. The molecule has 0 aliphatic rings. The van der Waals surface area contributed by atoms with Crippen molar-refractivity contribution in [1.82, 2.24) is 9.88 Å². The fourth-order valence-corrected chi connectivity index (χ4v) is 2.26. The SMILES string of the molecule is Cc1cc(C)n(CC(CNC(=O)OC(C)(C)C)CC(=O)O)c1. The van der Waals surface area contributed by atoms with Crippen molar-refractivity contribution in [2.24, 2.45) is 5.92 Å². The molecule has 0 aliphatic heterocycles. The van der Waals surface area contributed by atoms with Crippen LogP contribution < -0.4 is 5.32 Å². The predicted molar refractivity (Wildman–Crippen MR) is 83.9 cm³/mol. The number of hydrogen-bond acceptors (Lipinski definition) is 3. The van der Waals surface area contributed by atoms with E-state index in [0.717, 1.165) is 11.3 Å². The van der Waals surface area contributed by atoms with Crippen LogP contribution in [0, 0.1) is 19.8 Å². The number of carbonyl (C=O) groups excluding carboxylic acids is 1. The molecule has 0 fully saturated rings. The summed E-state index contributed by atoms with van der Waals surface area (Å²) in [4.78, 5) is 22.7. The third-order valence-corrected chi connectivity index (χ3v) is 3.10. The lowest BCUT2D eigenvalue weighted by Crippen LogP contribution is -2.36. The van der Waals surface area contributed by atoms with Gasteiger partial charge in [-0.25, -0.2) is 4.79 Å². The number of amides is 1. The molecular formula is C16H26N2O4. The van der Waals surface area contributed by atoms with Gasteiger partial charge in [0.15, 0.2) is 0 Å². The van der Waals surface area contributed by atoms with Crippen molar-refractivity contribution >= 4 is 12.1 Å². The minimum atomic E-state index is -0.877. The number of carboxylic acid groups (broad SMARTS) is 1. The molecule has 0 aliphatic carbocycles. The molecule has 1 atom stereocenters. The summed E-state index contributed by atoms with van der Waals surface area (Å²) in [5, 5.41) is 11.7. The first kappa shape index (κ1) is 18.1. The van der Waals surface area contributed by atoms with E-state index in [9.17, 15) is 9.59 Å². The van der Waals surface area contributed by atoms with Crippen LogP contribution >= 0.6 is 0 Å². The molecule has 1 rings (SSSR count). The Hall–Kier alpha value is -1.98. The highest BCUT2D eigenvalue weighted by atomic mass is 16.6. The highest BCUT2D eigenvalue weighted by Crippen LogP contribution is 2.13. The Labute approximate surface area is 131 Å². The zero-order valence-corrected chi connectivity index (χ0v) is 14.0. The first-order valence-corrected chi connectivity index (χ1v) is 7.39. The molecule has 1 aromatic rings. The van der Waals surface area contributed by atoms with Gasteiger partial charge < -0.3 is 19.7 Å². The van der Waals surface area contributed by atoms with Gasteiger partial charge in [0.25, 0.3) is 0 Å². The molecule has 0 saturated heterocycles. The molecule has 1 heterocycles. The van der Waals surface area contributed by atoms with Gasteiger partial charge in [-0.2, -0.15) is 0 Å². The Bertz CT molecular complexity index is 529. The summed E-state index contributed by atoms with van der Waals surface area (Å²) in [7, 11) is 0. The van der Waals surface area contributed by atoms with Crippen molar-refractivity contribution in [3.8, 4) is 0 Å². The number of carboxylic acids is 1. The second-order valence-corrected chi connectivity index (χ2v) is 6.66. The van der Waals surface area contributed by atoms with E-state index >= 15 is 0 Å². The summed E-state index contributed by atoms with van der Waals surface area (Å²) in [5.41, 5.74) is 1.64. The third-order valence-electron chi connectivity index (χ3n) is 3.10. The zero-order chi connectivity index (χ0) is 16.9. The summed E-state index contributed by atoms with van der Waals surface area (Å²) in [6.07, 6.45) is 1.45. The quantitative estimate of drug-likeness (QED) is 0.846. The summed E-state index contributed by atoms with van der Waals surface area (Å²) in [6, 6.07) is 2.04. The molecule has 6 heteroatoms. The van der Waals surface area contributed by atoms with Gasteiger partial charge in [-0.1, -0.05) is 0 Å². The Balaban J connectivity index is 2.63. The number of aromatic nitrogens is 1. The van der Waals surface area contributed by atoms with Crippen molar-refractivity contribution in [1.29, 1.82) is 0 Å². The molecule has 1 amide bonds. The lowest BCUT2D eigenvalue weighted by Gasteiger charge is -2.22. The van der Waals surface area contributed by atoms with Gasteiger partial charge >= 0.3 is 12.1 Å². The number of hydrogen-bond donors (Lipinski definition) is 2. The molecule has 2 N–H and O–H groups in total. The largest absolute Gasteiger partial charge is 0.481 e. The maximum atomic E-state index is 11.7. The average Bonchev–Trinajstić information content (AvgIpc) is 2.62. The maximum absolute atomic E-state index is 11.7. The summed E-state index contributed by atoms with van der Waals surface area (Å²) >= 11 is 0. The van der Waals surface area contributed by atoms with Crippen LogP contribution in [0.5, 0.6) is 0 Å². The first-order valence-electron chi connectivity index (χ1n) is 7.39. The molecule has 0 saturated carbocycles. The van der Waals surface area contributed by atoms with E-state index in [2.05, 4.69) is 5.32 Å². The van der Waals surface area contributed by atoms with Gasteiger partial charge in [-0.3, -0.25) is 4.79 Å². The van der Waals surface area contributed by atoms with E-state index in [1.807, 2.05) is 30.7 Å². The lowest BCUT2D eigenvalue weighted by molar-refractivity contribution is -0.138. The number of nitrogens with zero attached hydrogens (tertiary/aromatic N) is 1. The van der Waals surface area contributed by atoms with Gasteiger partial charge in [0.2, 0.25) is 0 Å². The van der Waals surface area contributed by atoms with E-state index in [0.29, 0.717) is 6.54 Å². The lowest BCUT2D eigenvalue weighted by atomic mass is 10.1. The van der Waals surface area contributed by atoms with Crippen LogP contribution in [0.15, 0.2) is 12.3 Å². The summed E-state index contributed by atoms with van der Waals surface area (Å²) in [5.74, 6) is -1.08. The molecule has 124 valence electrons. The molecular weight excluding hydrogens is 284 g/mol. The van der Waals surface area contributed by atoms with Crippen LogP contribution in [0.1, 0.15) is 38.4 Å². The topological polar surface area (TPSA) is 80.6 Å². The third kappa shape index (κ3) is 6.65. The number of ether oxygens (including phenoxy) is 1. The van der Waals surface area contributed by atoms with Crippen molar-refractivity contribution in [3.63, 3.8) is 0 Å². The smallest absolute Gasteiger partial charge is 0.407 e. The minimum Gasteiger partial charge on any atom is -0.481 e. The van der Waals surface area contributed by atoms with Crippen molar-refractivity contribution in [2.45, 2.75) is 53.2 Å². The van der Waals surface area contributed by atoms with E-state index in [4.69, 9.17) is 9.84 Å². The molecule has 6 nitrogen and oxygen atoms in total.